The normalized spacial score (nSPS) is 21.2. The number of carbonyl (C=O) groups is 2. The summed E-state index contributed by atoms with van der Waals surface area (Å²) in [6.45, 7) is 4.51. The van der Waals surface area contributed by atoms with Gasteiger partial charge in [-0.05, 0) is 82.3 Å². The van der Waals surface area contributed by atoms with E-state index in [0.29, 0.717) is 35.3 Å². The molecule has 2 amide bonds. The Morgan fingerprint density at radius 1 is 1.18 bits per heavy atom. The Hall–Kier alpha value is -2.64. The molecule has 178 valence electrons. The molecule has 0 saturated heterocycles. The Kier molecular flexibility index (Phi) is 7.65. The predicted octanol–water partition coefficient (Wildman–Crippen LogP) is 4.22. The number of nitrogens with one attached hydrogen (secondary N) is 3. The Morgan fingerprint density at radius 3 is 2.45 bits per heavy atom. The molecule has 1 aromatic heterocycles. The molecule has 1 aliphatic heterocycles. The molecule has 2 heterocycles. The third kappa shape index (κ3) is 4.84. The van der Waals surface area contributed by atoms with Crippen LogP contribution in [-0.4, -0.2) is 43.5 Å². The number of benzene rings is 1. The Morgan fingerprint density at radius 2 is 1.88 bits per heavy atom. The lowest BCUT2D eigenvalue weighted by Gasteiger charge is -2.31. The summed E-state index contributed by atoms with van der Waals surface area (Å²) in [4.78, 5) is 30.8. The van der Waals surface area contributed by atoms with Gasteiger partial charge in [0.15, 0.2) is 0 Å². The highest BCUT2D eigenvalue weighted by atomic mass is 35.5. The minimum absolute atomic E-state index is 0. The van der Waals surface area contributed by atoms with Crippen LogP contribution in [0.1, 0.15) is 58.6 Å². The Labute approximate surface area is 200 Å². The van der Waals surface area contributed by atoms with Crippen LogP contribution >= 0.6 is 12.4 Å². The van der Waals surface area contributed by atoms with E-state index < -0.39 is 11.7 Å². The molecule has 1 saturated carbocycles. The van der Waals surface area contributed by atoms with E-state index in [9.17, 15) is 14.0 Å². The molecule has 4 rings (SSSR count). The molecule has 2 aromatic rings. The highest BCUT2D eigenvalue weighted by Crippen LogP contribution is 2.41. The molecular formula is C25H32ClFN4O2. The fourth-order valence-electron chi connectivity index (χ4n) is 4.94. The van der Waals surface area contributed by atoms with Gasteiger partial charge in [-0.2, -0.15) is 0 Å². The van der Waals surface area contributed by atoms with Crippen LogP contribution in [-0.2, 0) is 4.79 Å². The van der Waals surface area contributed by atoms with Crippen molar-refractivity contribution in [3.05, 3.63) is 52.1 Å². The number of amides is 2. The highest BCUT2D eigenvalue weighted by molar-refractivity contribution is 6.36. The van der Waals surface area contributed by atoms with E-state index in [-0.39, 0.29) is 23.9 Å². The van der Waals surface area contributed by atoms with Crippen LogP contribution in [0.25, 0.3) is 11.6 Å². The number of H-pyrrole nitrogens is 1. The second-order valence-electron chi connectivity index (χ2n) is 8.96. The van der Waals surface area contributed by atoms with Crippen LogP contribution in [0, 0.1) is 25.6 Å². The number of anilines is 1. The molecule has 0 unspecified atom stereocenters. The number of nitrogens with zero attached hydrogens (tertiary/aromatic N) is 1. The summed E-state index contributed by atoms with van der Waals surface area (Å²) in [6, 6.07) is 5.39. The first-order valence-electron chi connectivity index (χ1n) is 11.2. The average molecular weight is 475 g/mol. The minimum atomic E-state index is -0.627. The van der Waals surface area contributed by atoms with Gasteiger partial charge in [-0.15, -0.1) is 12.4 Å². The first-order valence-corrected chi connectivity index (χ1v) is 11.2. The largest absolute Gasteiger partial charge is 0.359 e. The molecule has 3 N–H and O–H groups in total. The maximum atomic E-state index is 14.8. The summed E-state index contributed by atoms with van der Waals surface area (Å²) < 4.78 is 14.8. The number of carbonyl (C=O) groups excluding carboxylic acids is 2. The number of aromatic nitrogens is 1. The Balaban J connectivity index is 0.00000306. The third-order valence-electron chi connectivity index (χ3n) is 6.79. The zero-order valence-electron chi connectivity index (χ0n) is 19.5. The topological polar surface area (TPSA) is 77.2 Å². The van der Waals surface area contributed by atoms with Gasteiger partial charge in [0, 0.05) is 36.6 Å². The van der Waals surface area contributed by atoms with Crippen LogP contribution in [0.3, 0.4) is 0 Å². The quantitative estimate of drug-likeness (QED) is 0.568. The van der Waals surface area contributed by atoms with Crippen LogP contribution in [0.5, 0.6) is 0 Å². The zero-order chi connectivity index (χ0) is 23.0. The van der Waals surface area contributed by atoms with Crippen molar-refractivity contribution in [1.82, 2.24) is 15.6 Å². The number of halogens is 2. The molecule has 0 atom stereocenters. The molecule has 1 fully saturated rings. The Bertz CT molecular complexity index is 1090. The number of aromatic amines is 1. The third-order valence-corrected chi connectivity index (χ3v) is 6.79. The number of fused-ring (bicyclic) bond motifs is 1. The minimum Gasteiger partial charge on any atom is -0.359 e. The summed E-state index contributed by atoms with van der Waals surface area (Å²) in [5.74, 6) is -0.896. The van der Waals surface area contributed by atoms with Crippen molar-refractivity contribution in [3.63, 3.8) is 0 Å². The molecule has 0 spiro atoms. The van der Waals surface area contributed by atoms with E-state index in [1.807, 2.05) is 27.0 Å². The van der Waals surface area contributed by atoms with Crippen molar-refractivity contribution in [2.24, 2.45) is 5.92 Å². The SMILES string of the molecule is CNC(=O)c1cc2c(cc1F)/C(=C/c1[nH]c(C)cc1C)C(=O)N2CC1CCC(NC)CC1.Cl. The second kappa shape index (κ2) is 10.1. The summed E-state index contributed by atoms with van der Waals surface area (Å²) in [7, 11) is 3.46. The van der Waals surface area contributed by atoms with Gasteiger partial charge >= 0.3 is 0 Å². The van der Waals surface area contributed by atoms with Gasteiger partial charge in [0.25, 0.3) is 11.8 Å². The zero-order valence-corrected chi connectivity index (χ0v) is 20.4. The van der Waals surface area contributed by atoms with Crippen LogP contribution in [0.4, 0.5) is 10.1 Å². The molecule has 6 nitrogen and oxygen atoms in total. The number of hydrogen-bond donors (Lipinski definition) is 3. The van der Waals surface area contributed by atoms with Crippen molar-refractivity contribution in [2.75, 3.05) is 25.5 Å². The monoisotopic (exact) mass is 474 g/mol. The maximum absolute atomic E-state index is 14.8. The van der Waals surface area contributed by atoms with Crippen molar-refractivity contribution in [3.8, 4) is 0 Å². The summed E-state index contributed by atoms with van der Waals surface area (Å²) >= 11 is 0. The van der Waals surface area contributed by atoms with Crippen molar-refractivity contribution < 1.29 is 14.0 Å². The predicted molar refractivity (Wildman–Crippen MR) is 132 cm³/mol. The van der Waals surface area contributed by atoms with Crippen LogP contribution in [0.2, 0.25) is 0 Å². The van der Waals surface area contributed by atoms with Crippen LogP contribution in [0.15, 0.2) is 18.2 Å². The molecule has 2 aliphatic rings. The van der Waals surface area contributed by atoms with E-state index in [1.165, 1.54) is 19.2 Å². The summed E-state index contributed by atoms with van der Waals surface area (Å²) in [5.41, 5.74) is 4.42. The lowest BCUT2D eigenvalue weighted by atomic mass is 9.85. The highest BCUT2D eigenvalue weighted by Gasteiger charge is 2.36. The first kappa shape index (κ1) is 25.0. The molecule has 1 aliphatic carbocycles. The van der Waals surface area contributed by atoms with Crippen LogP contribution < -0.4 is 15.5 Å². The van der Waals surface area contributed by atoms with E-state index in [1.54, 1.807) is 11.0 Å². The van der Waals surface area contributed by atoms with Crippen molar-refractivity contribution in [2.45, 2.75) is 45.6 Å². The summed E-state index contributed by atoms with van der Waals surface area (Å²) in [5, 5.41) is 5.82. The molecule has 8 heteroatoms. The lowest BCUT2D eigenvalue weighted by Crippen LogP contribution is -2.37. The van der Waals surface area contributed by atoms with Gasteiger partial charge in [-0.3, -0.25) is 9.59 Å². The molecule has 33 heavy (non-hydrogen) atoms. The van der Waals surface area contributed by atoms with Gasteiger partial charge < -0.3 is 20.5 Å². The molecular weight excluding hydrogens is 443 g/mol. The fourth-order valence-corrected chi connectivity index (χ4v) is 4.94. The molecule has 1 aromatic carbocycles. The van der Waals surface area contributed by atoms with E-state index in [0.717, 1.165) is 42.6 Å². The maximum Gasteiger partial charge on any atom is 0.259 e. The average Bonchev–Trinajstić information content (AvgIpc) is 3.23. The van der Waals surface area contributed by atoms with Crippen molar-refractivity contribution >= 4 is 41.6 Å². The second-order valence-corrected chi connectivity index (χ2v) is 8.96. The number of aryl methyl sites for hydroxylation is 2. The number of hydrogen-bond acceptors (Lipinski definition) is 3. The van der Waals surface area contributed by atoms with E-state index >= 15 is 0 Å². The smallest absolute Gasteiger partial charge is 0.259 e. The van der Waals surface area contributed by atoms with Gasteiger partial charge in [0.2, 0.25) is 0 Å². The first-order chi connectivity index (χ1) is 15.3. The van der Waals surface area contributed by atoms with Gasteiger partial charge in [-0.1, -0.05) is 0 Å². The lowest BCUT2D eigenvalue weighted by molar-refractivity contribution is -0.113. The number of rotatable bonds is 5. The van der Waals surface area contributed by atoms with Gasteiger partial charge in [0.05, 0.1) is 16.8 Å². The van der Waals surface area contributed by atoms with Gasteiger partial charge in [0.1, 0.15) is 5.82 Å². The molecule has 0 radical (unpaired) electrons. The van der Waals surface area contributed by atoms with Crippen molar-refractivity contribution in [1.29, 1.82) is 0 Å². The standard InChI is InChI=1S/C25H31FN4O2.ClH/c1-14-9-15(2)29-22(14)11-19-18-10-21(26)20(24(31)28-4)12-23(18)30(25(19)32)13-16-5-7-17(27-3)8-6-16;/h9-12,16-17,27,29H,5-8,13H2,1-4H3,(H,28,31);1H/b19-11-;. The van der Waals surface area contributed by atoms with E-state index in [2.05, 4.69) is 15.6 Å². The summed E-state index contributed by atoms with van der Waals surface area (Å²) in [6.07, 6.45) is 6.02. The van der Waals surface area contributed by atoms with Gasteiger partial charge in [-0.25, -0.2) is 4.39 Å². The van der Waals surface area contributed by atoms with E-state index in [4.69, 9.17) is 0 Å². The fraction of sp³-hybridized carbons (Fsp3) is 0.440. The molecule has 0 bridgehead atoms.